The molecule has 2 aromatic carbocycles. The van der Waals surface area contributed by atoms with Gasteiger partial charge in [0, 0.05) is 11.9 Å². The number of rotatable bonds is 4. The van der Waals surface area contributed by atoms with Crippen molar-refractivity contribution in [3.8, 4) is 0 Å². The van der Waals surface area contributed by atoms with Crippen LogP contribution in [0.25, 0.3) is 10.8 Å². The van der Waals surface area contributed by atoms with E-state index in [1.807, 2.05) is 0 Å². The van der Waals surface area contributed by atoms with Gasteiger partial charge in [-0.1, -0.05) is 30.3 Å². The van der Waals surface area contributed by atoms with Gasteiger partial charge in [0.25, 0.3) is 11.5 Å². The predicted molar refractivity (Wildman–Crippen MR) is 102 cm³/mol. The molecule has 1 N–H and O–H groups in total. The number of hydrogen-bond donors (Lipinski definition) is 1. The summed E-state index contributed by atoms with van der Waals surface area (Å²) >= 11 is 0. The highest BCUT2D eigenvalue weighted by Gasteiger charge is 2.20. The maximum atomic E-state index is 12.9. The highest BCUT2D eigenvalue weighted by atomic mass is 16.5. The monoisotopic (exact) mass is 365 g/mol. The Labute approximate surface area is 155 Å². The van der Waals surface area contributed by atoms with E-state index in [0.717, 1.165) is 0 Å². The van der Waals surface area contributed by atoms with Crippen LogP contribution in [0, 0.1) is 6.92 Å². The van der Waals surface area contributed by atoms with Gasteiger partial charge in [-0.2, -0.15) is 5.10 Å². The zero-order valence-corrected chi connectivity index (χ0v) is 15.3. The van der Waals surface area contributed by atoms with Gasteiger partial charge in [0.05, 0.1) is 23.7 Å². The Bertz CT molecular complexity index is 1100. The molecule has 1 heterocycles. The first-order valence-corrected chi connectivity index (χ1v) is 8.47. The van der Waals surface area contributed by atoms with Crippen LogP contribution in [0.2, 0.25) is 0 Å². The molecule has 7 heteroatoms. The van der Waals surface area contributed by atoms with Gasteiger partial charge in [-0.15, -0.1) is 0 Å². The largest absolute Gasteiger partial charge is 0.465 e. The summed E-state index contributed by atoms with van der Waals surface area (Å²) in [6, 6.07) is 11.9. The van der Waals surface area contributed by atoms with Crippen molar-refractivity contribution in [2.45, 2.75) is 20.4 Å². The number of ether oxygens (including phenoxy) is 1. The average molecular weight is 365 g/mol. The molecule has 0 aliphatic carbocycles. The van der Waals surface area contributed by atoms with Crippen LogP contribution in [0.5, 0.6) is 0 Å². The van der Waals surface area contributed by atoms with Crippen LogP contribution in [0.15, 0.2) is 47.3 Å². The van der Waals surface area contributed by atoms with Crippen LogP contribution in [0.3, 0.4) is 0 Å². The topological polar surface area (TPSA) is 90.3 Å². The molecule has 0 aliphatic rings. The summed E-state index contributed by atoms with van der Waals surface area (Å²) in [6.45, 7) is 3.87. The molecule has 0 aliphatic heterocycles. The summed E-state index contributed by atoms with van der Waals surface area (Å²) in [5.74, 6) is -1.05. The number of fused-ring (bicyclic) bond motifs is 1. The smallest absolute Gasteiger partial charge is 0.340 e. The Morgan fingerprint density at radius 1 is 1.11 bits per heavy atom. The number of nitrogens with zero attached hydrogens (tertiary/aromatic N) is 2. The summed E-state index contributed by atoms with van der Waals surface area (Å²) in [4.78, 5) is 37.5. The third-order valence-electron chi connectivity index (χ3n) is 4.29. The second kappa shape index (κ2) is 7.41. The molecule has 7 nitrogen and oxygen atoms in total. The zero-order valence-electron chi connectivity index (χ0n) is 15.3. The van der Waals surface area contributed by atoms with Crippen molar-refractivity contribution < 1.29 is 14.3 Å². The van der Waals surface area contributed by atoms with Gasteiger partial charge in [-0.05, 0) is 31.5 Å². The van der Waals surface area contributed by atoms with Crippen molar-refractivity contribution in [1.82, 2.24) is 9.78 Å². The fourth-order valence-electron chi connectivity index (χ4n) is 2.94. The lowest BCUT2D eigenvalue weighted by atomic mass is 10.1. The van der Waals surface area contributed by atoms with Crippen molar-refractivity contribution in [3.05, 3.63) is 69.6 Å². The highest BCUT2D eigenvalue weighted by molar-refractivity contribution is 6.13. The predicted octanol–water partition coefficient (Wildman–Crippen LogP) is 2.76. The van der Waals surface area contributed by atoms with Crippen LogP contribution in [-0.2, 0) is 11.3 Å². The summed E-state index contributed by atoms with van der Waals surface area (Å²) < 4.78 is 6.06. The summed E-state index contributed by atoms with van der Waals surface area (Å²) in [7, 11) is 1.28. The molecule has 1 amide bonds. The van der Waals surface area contributed by atoms with E-state index in [1.54, 1.807) is 56.3 Å². The summed E-state index contributed by atoms with van der Waals surface area (Å²) in [5.41, 5.74) is 1.14. The van der Waals surface area contributed by atoms with Crippen molar-refractivity contribution in [2.75, 3.05) is 12.4 Å². The van der Waals surface area contributed by atoms with Gasteiger partial charge < -0.3 is 10.1 Å². The molecule has 0 bridgehead atoms. The van der Waals surface area contributed by atoms with Crippen molar-refractivity contribution in [1.29, 1.82) is 0 Å². The number of carbonyl (C=O) groups excluding carboxylic acids is 2. The number of aromatic nitrogens is 2. The van der Waals surface area contributed by atoms with E-state index in [4.69, 9.17) is 4.74 Å². The second-order valence-electron chi connectivity index (χ2n) is 5.96. The van der Waals surface area contributed by atoms with Crippen LogP contribution in [0.4, 0.5) is 5.69 Å². The molecule has 0 unspecified atom stereocenters. The number of methoxy groups -OCH3 is 1. The molecule has 3 rings (SSSR count). The number of anilines is 1. The molecule has 0 fully saturated rings. The van der Waals surface area contributed by atoms with E-state index in [0.29, 0.717) is 28.6 Å². The SMILES string of the molecule is CCn1nc(C(=O)Nc2cccc(C)c2C(=O)OC)c2ccccc2c1=O. The van der Waals surface area contributed by atoms with E-state index >= 15 is 0 Å². The first-order valence-electron chi connectivity index (χ1n) is 8.47. The van der Waals surface area contributed by atoms with Gasteiger partial charge in [0.1, 0.15) is 0 Å². The number of esters is 1. The van der Waals surface area contributed by atoms with Crippen LogP contribution < -0.4 is 10.9 Å². The molecule has 0 atom stereocenters. The normalized spacial score (nSPS) is 10.6. The second-order valence-corrected chi connectivity index (χ2v) is 5.96. The third-order valence-corrected chi connectivity index (χ3v) is 4.29. The Balaban J connectivity index is 2.11. The molecular formula is C20H19N3O4. The molecule has 1 aromatic heterocycles. The van der Waals surface area contributed by atoms with E-state index < -0.39 is 11.9 Å². The van der Waals surface area contributed by atoms with Crippen molar-refractivity contribution in [3.63, 3.8) is 0 Å². The highest BCUT2D eigenvalue weighted by Crippen LogP contribution is 2.22. The minimum Gasteiger partial charge on any atom is -0.465 e. The number of benzene rings is 2. The summed E-state index contributed by atoms with van der Waals surface area (Å²) in [6.07, 6.45) is 0. The fourth-order valence-corrected chi connectivity index (χ4v) is 2.94. The fraction of sp³-hybridized carbons (Fsp3) is 0.200. The van der Waals surface area contributed by atoms with Gasteiger partial charge in [0.15, 0.2) is 5.69 Å². The Morgan fingerprint density at radius 3 is 2.48 bits per heavy atom. The van der Waals surface area contributed by atoms with E-state index in [9.17, 15) is 14.4 Å². The first kappa shape index (κ1) is 18.3. The Morgan fingerprint density at radius 2 is 1.81 bits per heavy atom. The molecular weight excluding hydrogens is 346 g/mol. The first-order chi connectivity index (χ1) is 13.0. The van der Waals surface area contributed by atoms with E-state index in [1.165, 1.54) is 11.8 Å². The van der Waals surface area contributed by atoms with Gasteiger partial charge >= 0.3 is 5.97 Å². The van der Waals surface area contributed by atoms with Gasteiger partial charge in [-0.3, -0.25) is 9.59 Å². The van der Waals surface area contributed by atoms with Gasteiger partial charge in [0.2, 0.25) is 0 Å². The van der Waals surface area contributed by atoms with Crippen molar-refractivity contribution in [2.24, 2.45) is 0 Å². The molecule has 27 heavy (non-hydrogen) atoms. The minimum atomic E-state index is -0.542. The van der Waals surface area contributed by atoms with Crippen molar-refractivity contribution >= 4 is 28.3 Å². The number of nitrogens with one attached hydrogen (secondary N) is 1. The average Bonchev–Trinajstić information content (AvgIpc) is 2.68. The van der Waals surface area contributed by atoms with Gasteiger partial charge in [-0.25, -0.2) is 9.48 Å². The lowest BCUT2D eigenvalue weighted by Gasteiger charge is -2.13. The lowest BCUT2D eigenvalue weighted by molar-refractivity contribution is 0.0601. The molecule has 0 saturated heterocycles. The number of hydrogen-bond acceptors (Lipinski definition) is 5. The maximum absolute atomic E-state index is 12.9. The minimum absolute atomic E-state index is 0.115. The Hall–Kier alpha value is -3.48. The van der Waals surface area contributed by atoms with Crippen LogP contribution >= 0.6 is 0 Å². The lowest BCUT2D eigenvalue weighted by Crippen LogP contribution is -2.27. The van der Waals surface area contributed by atoms with Crippen LogP contribution in [0.1, 0.15) is 33.3 Å². The molecule has 0 saturated carbocycles. The number of aryl methyl sites for hydroxylation is 2. The summed E-state index contributed by atoms with van der Waals surface area (Å²) in [5, 5.41) is 7.81. The van der Waals surface area contributed by atoms with E-state index in [2.05, 4.69) is 10.4 Å². The molecule has 0 radical (unpaired) electrons. The Kier molecular flexibility index (Phi) is 5.03. The molecule has 138 valence electrons. The zero-order chi connectivity index (χ0) is 19.6. The third kappa shape index (κ3) is 3.31. The number of carbonyl (C=O) groups is 2. The van der Waals surface area contributed by atoms with E-state index in [-0.39, 0.29) is 16.8 Å². The molecule has 0 spiro atoms. The van der Waals surface area contributed by atoms with Crippen LogP contribution in [-0.4, -0.2) is 28.8 Å². The molecule has 3 aromatic rings. The number of amides is 1. The quantitative estimate of drug-likeness (QED) is 0.718. The standard InChI is InChI=1S/C20H19N3O4/c1-4-23-19(25)14-10-6-5-9-13(14)17(22-23)18(24)21-15-11-7-8-12(2)16(15)20(26)27-3/h5-11H,4H2,1-3H3,(H,21,24). The maximum Gasteiger partial charge on any atom is 0.340 e.